The van der Waals surface area contributed by atoms with Gasteiger partial charge in [0.2, 0.25) is 0 Å². The lowest BCUT2D eigenvalue weighted by molar-refractivity contribution is -0.117. The van der Waals surface area contributed by atoms with Crippen molar-refractivity contribution in [3.63, 3.8) is 0 Å². The van der Waals surface area contributed by atoms with Gasteiger partial charge in [0.05, 0.1) is 23.2 Å². The minimum absolute atomic E-state index is 0.125. The summed E-state index contributed by atoms with van der Waals surface area (Å²) in [4.78, 5) is 17.6. The van der Waals surface area contributed by atoms with E-state index in [1.54, 1.807) is 18.4 Å². The summed E-state index contributed by atoms with van der Waals surface area (Å²) >= 11 is 1.56. The highest BCUT2D eigenvalue weighted by Gasteiger charge is 2.10. The maximum absolute atomic E-state index is 12.5. The van der Waals surface area contributed by atoms with Gasteiger partial charge in [-0.3, -0.25) is 4.79 Å². The molecule has 0 radical (unpaired) electrons. The summed E-state index contributed by atoms with van der Waals surface area (Å²) in [5, 5.41) is 0. The number of carbonyl (C=O) groups excluding carboxylic acids is 1. The Morgan fingerprint density at radius 3 is 2.50 bits per heavy atom. The third kappa shape index (κ3) is 4.11. The average Bonchev–Trinajstić information content (AvgIpc) is 2.91. The zero-order valence-corrected chi connectivity index (χ0v) is 16.5. The molecule has 0 saturated carbocycles. The van der Waals surface area contributed by atoms with Crippen LogP contribution in [-0.4, -0.2) is 24.2 Å². The molecule has 0 bridgehead atoms. The molecule has 26 heavy (non-hydrogen) atoms. The first-order valence-electron chi connectivity index (χ1n) is 8.70. The number of thiazole rings is 1. The Balaban J connectivity index is 1.99. The van der Waals surface area contributed by atoms with E-state index in [4.69, 9.17) is 4.74 Å². The smallest absolute Gasteiger partial charge is 0.252 e. The Kier molecular flexibility index (Phi) is 5.69. The molecular formula is C21H24N2O2S. The lowest BCUT2D eigenvalue weighted by Gasteiger charge is -2.06. The molecule has 136 valence electrons. The average molecular weight is 369 g/mol. The number of methoxy groups -OCH3 is 1. The quantitative estimate of drug-likeness (QED) is 0.684. The van der Waals surface area contributed by atoms with E-state index >= 15 is 0 Å². The summed E-state index contributed by atoms with van der Waals surface area (Å²) in [5.41, 5.74) is 5.76. The van der Waals surface area contributed by atoms with Gasteiger partial charge < -0.3 is 9.30 Å². The Bertz CT molecular complexity index is 997. The van der Waals surface area contributed by atoms with Crippen molar-refractivity contribution in [1.82, 2.24) is 4.57 Å². The molecule has 0 spiro atoms. The molecule has 0 unspecified atom stereocenters. The van der Waals surface area contributed by atoms with Crippen LogP contribution in [0.25, 0.3) is 10.2 Å². The van der Waals surface area contributed by atoms with Crippen LogP contribution in [0.4, 0.5) is 0 Å². The number of hydrogen-bond donors (Lipinski definition) is 0. The highest BCUT2D eigenvalue weighted by atomic mass is 32.1. The van der Waals surface area contributed by atoms with Crippen molar-refractivity contribution >= 4 is 27.5 Å². The number of benzene rings is 2. The molecule has 5 heteroatoms. The van der Waals surface area contributed by atoms with Gasteiger partial charge in [-0.1, -0.05) is 41.2 Å². The maximum atomic E-state index is 12.5. The van der Waals surface area contributed by atoms with Crippen molar-refractivity contribution in [2.24, 2.45) is 4.99 Å². The largest absolute Gasteiger partial charge is 0.383 e. The van der Waals surface area contributed by atoms with Gasteiger partial charge in [0.15, 0.2) is 4.80 Å². The van der Waals surface area contributed by atoms with E-state index in [1.165, 1.54) is 16.7 Å². The van der Waals surface area contributed by atoms with Gasteiger partial charge in [0.1, 0.15) is 0 Å². The maximum Gasteiger partial charge on any atom is 0.252 e. The lowest BCUT2D eigenvalue weighted by Crippen LogP contribution is -2.19. The first kappa shape index (κ1) is 18.5. The van der Waals surface area contributed by atoms with Crippen molar-refractivity contribution in [2.75, 3.05) is 13.7 Å². The summed E-state index contributed by atoms with van der Waals surface area (Å²) < 4.78 is 8.47. The normalized spacial score (nSPS) is 12.1. The number of amides is 1. The standard InChI is InChI=1S/C21H24N2O2S/c1-14-5-7-17(8-6-14)13-20(24)22-21-23(9-10-25-4)18-11-15(2)16(3)12-19(18)26-21/h5-8,11-12H,9-10,13H2,1-4H3. The Labute approximate surface area is 157 Å². The number of fused-ring (bicyclic) bond motifs is 1. The summed E-state index contributed by atoms with van der Waals surface area (Å²) in [6, 6.07) is 12.3. The second kappa shape index (κ2) is 7.98. The number of nitrogens with zero attached hydrogens (tertiary/aromatic N) is 2. The van der Waals surface area contributed by atoms with Gasteiger partial charge in [-0.15, -0.1) is 0 Å². The van der Waals surface area contributed by atoms with E-state index < -0.39 is 0 Å². The van der Waals surface area contributed by atoms with Crippen molar-refractivity contribution in [2.45, 2.75) is 33.7 Å². The first-order valence-corrected chi connectivity index (χ1v) is 9.52. The number of aryl methyl sites for hydroxylation is 3. The van der Waals surface area contributed by atoms with Gasteiger partial charge in [-0.2, -0.15) is 4.99 Å². The predicted octanol–water partition coefficient (Wildman–Crippen LogP) is 3.94. The summed E-state index contributed by atoms with van der Waals surface area (Å²) in [6.45, 7) is 7.50. The molecule has 0 saturated heterocycles. The fraction of sp³-hybridized carbons (Fsp3) is 0.333. The molecular weight excluding hydrogens is 344 g/mol. The van der Waals surface area contributed by atoms with Gasteiger partial charge in [-0.05, 0) is 49.6 Å². The van der Waals surface area contributed by atoms with E-state index in [1.807, 2.05) is 31.2 Å². The van der Waals surface area contributed by atoms with Gasteiger partial charge in [-0.25, -0.2) is 0 Å². The van der Waals surface area contributed by atoms with Gasteiger partial charge in [0, 0.05) is 13.7 Å². The molecule has 4 nitrogen and oxygen atoms in total. The topological polar surface area (TPSA) is 43.6 Å². The van der Waals surface area contributed by atoms with Crippen LogP contribution in [-0.2, 0) is 22.5 Å². The molecule has 0 N–H and O–H groups in total. The number of rotatable bonds is 5. The van der Waals surface area contributed by atoms with Crippen LogP contribution < -0.4 is 4.80 Å². The molecule has 0 aliphatic carbocycles. The van der Waals surface area contributed by atoms with Crippen LogP contribution in [0, 0.1) is 20.8 Å². The molecule has 3 aromatic rings. The van der Waals surface area contributed by atoms with Gasteiger partial charge >= 0.3 is 0 Å². The van der Waals surface area contributed by atoms with E-state index in [-0.39, 0.29) is 5.91 Å². The van der Waals surface area contributed by atoms with Crippen LogP contribution in [0.15, 0.2) is 41.4 Å². The molecule has 1 amide bonds. The molecule has 0 atom stereocenters. The second-order valence-electron chi connectivity index (χ2n) is 6.60. The van der Waals surface area contributed by atoms with Crippen LogP contribution in [0.3, 0.4) is 0 Å². The Morgan fingerprint density at radius 2 is 1.81 bits per heavy atom. The minimum atomic E-state index is -0.125. The van der Waals surface area contributed by atoms with Crippen molar-refractivity contribution < 1.29 is 9.53 Å². The van der Waals surface area contributed by atoms with Crippen molar-refractivity contribution in [3.8, 4) is 0 Å². The van der Waals surface area contributed by atoms with Crippen molar-refractivity contribution in [1.29, 1.82) is 0 Å². The SMILES string of the molecule is COCCn1c(=NC(=O)Cc2ccc(C)cc2)sc2cc(C)c(C)cc21. The summed E-state index contributed by atoms with van der Waals surface area (Å²) in [7, 11) is 1.68. The fourth-order valence-corrected chi connectivity index (χ4v) is 3.99. The second-order valence-corrected chi connectivity index (χ2v) is 7.61. The third-order valence-corrected chi connectivity index (χ3v) is 5.55. The van der Waals surface area contributed by atoms with Crippen LogP contribution in [0.5, 0.6) is 0 Å². The Morgan fingerprint density at radius 1 is 1.12 bits per heavy atom. The molecule has 3 rings (SSSR count). The van der Waals surface area contributed by atoms with Gasteiger partial charge in [0.25, 0.3) is 5.91 Å². The van der Waals surface area contributed by atoms with E-state index in [0.717, 1.165) is 20.6 Å². The zero-order valence-electron chi connectivity index (χ0n) is 15.7. The van der Waals surface area contributed by atoms with E-state index in [9.17, 15) is 4.79 Å². The molecule has 0 aliphatic heterocycles. The van der Waals surface area contributed by atoms with Crippen LogP contribution in [0.1, 0.15) is 22.3 Å². The molecule has 1 aromatic heterocycles. The number of hydrogen-bond acceptors (Lipinski definition) is 3. The molecule has 0 fully saturated rings. The van der Waals surface area contributed by atoms with E-state index in [2.05, 4.69) is 35.5 Å². The monoisotopic (exact) mass is 368 g/mol. The lowest BCUT2D eigenvalue weighted by atomic mass is 10.1. The molecule has 0 aliphatic rings. The summed E-state index contributed by atoms with van der Waals surface area (Å²) in [5.74, 6) is -0.125. The molecule has 2 aromatic carbocycles. The Hall–Kier alpha value is -2.24. The third-order valence-electron chi connectivity index (χ3n) is 4.51. The number of ether oxygens (including phenoxy) is 1. The fourth-order valence-electron chi connectivity index (χ4n) is 2.83. The van der Waals surface area contributed by atoms with Crippen LogP contribution in [0.2, 0.25) is 0 Å². The minimum Gasteiger partial charge on any atom is -0.383 e. The first-order chi connectivity index (χ1) is 12.5. The van der Waals surface area contributed by atoms with Crippen molar-refractivity contribution in [3.05, 3.63) is 63.5 Å². The molecule has 1 heterocycles. The number of aromatic nitrogens is 1. The highest BCUT2D eigenvalue weighted by molar-refractivity contribution is 7.16. The number of carbonyl (C=O) groups is 1. The predicted molar refractivity (Wildman–Crippen MR) is 107 cm³/mol. The summed E-state index contributed by atoms with van der Waals surface area (Å²) in [6.07, 6.45) is 0.316. The zero-order chi connectivity index (χ0) is 18.7. The van der Waals surface area contributed by atoms with Crippen LogP contribution >= 0.6 is 11.3 Å². The van der Waals surface area contributed by atoms with E-state index in [0.29, 0.717) is 19.6 Å². The highest BCUT2D eigenvalue weighted by Crippen LogP contribution is 2.22.